The zero-order valence-corrected chi connectivity index (χ0v) is 15.6. The number of aromatic nitrogens is 1. The number of thioether (sulfide) groups is 1. The number of aryl methyl sites for hydroxylation is 1. The first-order valence-corrected chi connectivity index (χ1v) is 9.82. The topological polar surface area (TPSA) is 53.4 Å². The van der Waals surface area contributed by atoms with Gasteiger partial charge in [-0.15, -0.1) is 11.8 Å². The maximum absolute atomic E-state index is 13.0. The number of aliphatic carboxylic acids is 1. The molecule has 1 aromatic carbocycles. The predicted molar refractivity (Wildman–Crippen MR) is 106 cm³/mol. The van der Waals surface area contributed by atoms with Crippen LogP contribution in [0.25, 0.3) is 0 Å². The van der Waals surface area contributed by atoms with E-state index in [0.29, 0.717) is 12.1 Å². The summed E-state index contributed by atoms with van der Waals surface area (Å²) < 4.78 is 13.0. The summed E-state index contributed by atoms with van der Waals surface area (Å²) in [5.74, 6) is -0.330. The van der Waals surface area contributed by atoms with Crippen LogP contribution in [-0.4, -0.2) is 32.1 Å². The van der Waals surface area contributed by atoms with Crippen molar-refractivity contribution >= 4 is 17.7 Å². The maximum atomic E-state index is 13.0. The largest absolute Gasteiger partial charge is 0.478 e. The van der Waals surface area contributed by atoms with E-state index in [2.05, 4.69) is 4.98 Å². The minimum Gasteiger partial charge on any atom is -0.478 e. The number of rotatable bonds is 8. The summed E-state index contributed by atoms with van der Waals surface area (Å²) in [5, 5.41) is 9.30. The summed E-state index contributed by atoms with van der Waals surface area (Å²) in [6.07, 6.45) is 8.81. The Labute approximate surface area is 162 Å². The molecule has 6 heteroatoms. The first-order chi connectivity index (χ1) is 13.1. The Kier molecular flexibility index (Phi) is 6.65. The fourth-order valence-electron chi connectivity index (χ4n) is 2.90. The summed E-state index contributed by atoms with van der Waals surface area (Å²) in [6.45, 7) is 0.553. The molecule has 0 bridgehead atoms. The lowest BCUT2D eigenvalue weighted by Crippen LogP contribution is -2.34. The highest BCUT2D eigenvalue weighted by Crippen LogP contribution is 2.29. The molecule has 0 radical (unpaired) electrons. The minimum atomic E-state index is -0.901. The number of carboxylic acids is 1. The summed E-state index contributed by atoms with van der Waals surface area (Å²) in [7, 11) is 0. The van der Waals surface area contributed by atoms with Crippen LogP contribution in [0.3, 0.4) is 0 Å². The number of hydrogen-bond donors (Lipinski definition) is 1. The highest BCUT2D eigenvalue weighted by molar-refractivity contribution is 8.00. The number of hydrogen-bond acceptors (Lipinski definition) is 4. The number of carbonyl (C=O) groups is 1. The van der Waals surface area contributed by atoms with Gasteiger partial charge in [-0.05, 0) is 60.6 Å². The lowest BCUT2D eigenvalue weighted by molar-refractivity contribution is -0.133. The lowest BCUT2D eigenvalue weighted by atomic mass is 10.1. The molecule has 1 aromatic heterocycles. The number of halogens is 1. The van der Waals surface area contributed by atoms with Gasteiger partial charge in [0, 0.05) is 12.4 Å². The van der Waals surface area contributed by atoms with Crippen LogP contribution in [0.1, 0.15) is 17.7 Å². The van der Waals surface area contributed by atoms with Gasteiger partial charge in [0.05, 0.1) is 17.8 Å². The van der Waals surface area contributed by atoms with E-state index in [4.69, 9.17) is 0 Å². The van der Waals surface area contributed by atoms with Gasteiger partial charge in [-0.3, -0.25) is 4.98 Å². The molecule has 1 unspecified atom stereocenters. The molecule has 1 aliphatic heterocycles. The molecule has 4 nitrogen and oxygen atoms in total. The Balaban J connectivity index is 1.60. The van der Waals surface area contributed by atoms with Crippen LogP contribution >= 0.6 is 11.8 Å². The van der Waals surface area contributed by atoms with Gasteiger partial charge >= 0.3 is 5.97 Å². The molecule has 27 heavy (non-hydrogen) atoms. The molecule has 1 N–H and O–H groups in total. The van der Waals surface area contributed by atoms with E-state index in [9.17, 15) is 14.3 Å². The molecule has 1 atom stereocenters. The molecule has 1 aliphatic rings. The van der Waals surface area contributed by atoms with Crippen LogP contribution in [0.15, 0.2) is 72.6 Å². The third-order valence-corrected chi connectivity index (χ3v) is 5.60. The Hall–Kier alpha value is -2.60. The van der Waals surface area contributed by atoms with Crippen LogP contribution in [0.5, 0.6) is 0 Å². The monoisotopic (exact) mass is 384 g/mol. The van der Waals surface area contributed by atoms with Gasteiger partial charge < -0.3 is 10.0 Å². The fourth-order valence-corrected chi connectivity index (χ4v) is 4.12. The van der Waals surface area contributed by atoms with Crippen LogP contribution < -0.4 is 0 Å². The molecule has 2 heterocycles. The molecule has 0 saturated carbocycles. The second-order valence-corrected chi connectivity index (χ2v) is 7.40. The van der Waals surface area contributed by atoms with Gasteiger partial charge in [-0.2, -0.15) is 0 Å². The molecule has 3 rings (SSSR count). The Bertz CT molecular complexity index is 822. The van der Waals surface area contributed by atoms with E-state index in [-0.39, 0.29) is 11.2 Å². The highest BCUT2D eigenvalue weighted by atomic mass is 32.2. The molecule has 0 saturated heterocycles. The van der Waals surface area contributed by atoms with E-state index < -0.39 is 5.97 Å². The van der Waals surface area contributed by atoms with Crippen molar-refractivity contribution in [3.63, 3.8) is 0 Å². The van der Waals surface area contributed by atoms with Crippen LogP contribution in [0.4, 0.5) is 4.39 Å². The van der Waals surface area contributed by atoms with Crippen LogP contribution in [0.2, 0.25) is 0 Å². The first-order valence-electron chi connectivity index (χ1n) is 8.77. The SMILES string of the molecule is O=C(O)C1=CC=CN(Cc2ccccn2)C1SCCCc1ccc(F)cc1. The Morgan fingerprint density at radius 3 is 2.74 bits per heavy atom. The predicted octanol–water partition coefficient (Wildman–Crippen LogP) is 4.25. The number of nitrogens with zero attached hydrogens (tertiary/aromatic N) is 2. The molecule has 0 spiro atoms. The van der Waals surface area contributed by atoms with E-state index >= 15 is 0 Å². The van der Waals surface area contributed by atoms with Crippen molar-refractivity contribution in [1.82, 2.24) is 9.88 Å². The Morgan fingerprint density at radius 1 is 1.22 bits per heavy atom. The zero-order valence-electron chi connectivity index (χ0n) is 14.8. The van der Waals surface area contributed by atoms with Gasteiger partial charge in [-0.1, -0.05) is 18.2 Å². The van der Waals surface area contributed by atoms with Crippen molar-refractivity contribution in [3.8, 4) is 0 Å². The molecule has 0 amide bonds. The summed E-state index contributed by atoms with van der Waals surface area (Å²) in [6, 6.07) is 12.2. The fraction of sp³-hybridized carbons (Fsp3) is 0.238. The second kappa shape index (κ2) is 9.37. The lowest BCUT2D eigenvalue weighted by Gasteiger charge is -2.32. The van der Waals surface area contributed by atoms with Gasteiger partial charge in [0.25, 0.3) is 0 Å². The molecule has 0 fully saturated rings. The van der Waals surface area contributed by atoms with Gasteiger partial charge in [0.2, 0.25) is 0 Å². The van der Waals surface area contributed by atoms with Crippen molar-refractivity contribution in [3.05, 3.63) is 89.7 Å². The van der Waals surface area contributed by atoms with Crippen LogP contribution in [0, 0.1) is 5.82 Å². The quantitative estimate of drug-likeness (QED) is 0.690. The molecule has 2 aromatic rings. The number of carboxylic acid groups (broad SMARTS) is 1. The number of benzene rings is 1. The van der Waals surface area contributed by atoms with Gasteiger partial charge in [-0.25, -0.2) is 9.18 Å². The van der Waals surface area contributed by atoms with E-state index in [1.54, 1.807) is 42.2 Å². The molecular weight excluding hydrogens is 363 g/mol. The Morgan fingerprint density at radius 2 is 2.04 bits per heavy atom. The second-order valence-electron chi connectivity index (χ2n) is 6.22. The standard InChI is InChI=1S/C21H21FN2O2S/c22-17-10-8-16(9-11-17)5-4-14-27-20-19(21(25)26)7-3-13-24(20)15-18-6-1-2-12-23-18/h1-3,6-13,20H,4-5,14-15H2,(H,25,26). The average molecular weight is 384 g/mol. The van der Waals surface area contributed by atoms with Crippen molar-refractivity contribution in [2.75, 3.05) is 5.75 Å². The third-order valence-electron chi connectivity index (χ3n) is 4.24. The molecule has 0 aliphatic carbocycles. The van der Waals surface area contributed by atoms with Crippen molar-refractivity contribution in [2.45, 2.75) is 24.8 Å². The smallest absolute Gasteiger partial charge is 0.334 e. The van der Waals surface area contributed by atoms with Crippen molar-refractivity contribution in [2.24, 2.45) is 0 Å². The van der Waals surface area contributed by atoms with Crippen molar-refractivity contribution in [1.29, 1.82) is 0 Å². The summed E-state index contributed by atoms with van der Waals surface area (Å²) in [5.41, 5.74) is 2.35. The molecular formula is C21H21FN2O2S. The van der Waals surface area contributed by atoms with Gasteiger partial charge in [0.15, 0.2) is 0 Å². The third kappa shape index (κ3) is 5.44. The normalized spacial score (nSPS) is 16.3. The van der Waals surface area contributed by atoms with E-state index in [1.165, 1.54) is 12.1 Å². The van der Waals surface area contributed by atoms with E-state index in [1.807, 2.05) is 29.3 Å². The first kappa shape index (κ1) is 19.2. The van der Waals surface area contributed by atoms with Gasteiger partial charge in [0.1, 0.15) is 11.2 Å². The molecule has 140 valence electrons. The number of allylic oxidation sites excluding steroid dienone is 2. The van der Waals surface area contributed by atoms with Crippen LogP contribution in [-0.2, 0) is 17.8 Å². The highest BCUT2D eigenvalue weighted by Gasteiger charge is 2.27. The maximum Gasteiger partial charge on any atom is 0.334 e. The zero-order chi connectivity index (χ0) is 19.1. The number of pyridine rings is 1. The average Bonchev–Trinajstić information content (AvgIpc) is 2.68. The van der Waals surface area contributed by atoms with E-state index in [0.717, 1.165) is 29.9 Å². The van der Waals surface area contributed by atoms with Crippen molar-refractivity contribution < 1.29 is 14.3 Å². The summed E-state index contributed by atoms with van der Waals surface area (Å²) in [4.78, 5) is 18.0. The minimum absolute atomic E-state index is 0.233. The summed E-state index contributed by atoms with van der Waals surface area (Å²) >= 11 is 1.61.